The number of hydrogen-bond donors (Lipinski definition) is 3. The van der Waals surface area contributed by atoms with Crippen LogP contribution < -0.4 is 5.32 Å². The molecule has 1 aromatic carbocycles. The Morgan fingerprint density at radius 2 is 1.62 bits per heavy atom. The summed E-state index contributed by atoms with van der Waals surface area (Å²) in [6.45, 7) is 4.55. The lowest BCUT2D eigenvalue weighted by atomic mass is 10.2. The maximum absolute atomic E-state index is 11.5. The second-order valence-corrected chi connectivity index (χ2v) is 7.66. The molecule has 0 aromatic heterocycles. The molecular weight excluding hydrogens is 390 g/mol. The van der Waals surface area contributed by atoms with Crippen LogP contribution in [0.1, 0.15) is 5.56 Å². The first kappa shape index (κ1) is 17.8. The predicted octanol–water partition coefficient (Wildman–Crippen LogP) is 1.34. The lowest BCUT2D eigenvalue weighted by molar-refractivity contribution is -0.112. The summed E-state index contributed by atoms with van der Waals surface area (Å²) in [5, 5.41) is 2.14. The highest BCUT2D eigenvalue weighted by Crippen LogP contribution is 2.28. The average molecular weight is 400 g/mol. The Labute approximate surface area is 129 Å². The number of nitrogens with one attached hydrogen (secondary N) is 1. The number of amides is 1. The van der Waals surface area contributed by atoms with Crippen LogP contribution in [0.3, 0.4) is 0 Å². The zero-order valence-corrected chi connectivity index (χ0v) is 13.7. The third kappa shape index (κ3) is 4.35. The van der Waals surface area contributed by atoms with E-state index in [9.17, 15) is 21.6 Å². The Hall–Kier alpha value is -1.27. The van der Waals surface area contributed by atoms with Crippen LogP contribution in [-0.4, -0.2) is 31.8 Å². The van der Waals surface area contributed by atoms with E-state index in [2.05, 4.69) is 27.8 Å². The minimum Gasteiger partial charge on any atom is -0.320 e. The fourth-order valence-electron chi connectivity index (χ4n) is 1.45. The Bertz CT molecular complexity index is 827. The maximum Gasteiger partial charge on any atom is 0.296 e. The zero-order valence-electron chi connectivity index (χ0n) is 10.5. The summed E-state index contributed by atoms with van der Waals surface area (Å²) in [5.41, 5.74) is -0.381. The van der Waals surface area contributed by atoms with E-state index in [-0.39, 0.29) is 15.7 Å². The lowest BCUT2D eigenvalue weighted by Crippen LogP contribution is -2.15. The van der Waals surface area contributed by atoms with Crippen LogP contribution in [0, 0.1) is 6.92 Å². The molecule has 0 aliphatic rings. The van der Waals surface area contributed by atoms with Gasteiger partial charge >= 0.3 is 0 Å². The first-order chi connectivity index (χ1) is 9.34. The van der Waals surface area contributed by atoms with Gasteiger partial charge in [-0.3, -0.25) is 13.9 Å². The molecule has 1 aromatic rings. The van der Waals surface area contributed by atoms with E-state index >= 15 is 0 Å². The molecule has 0 heterocycles. The maximum atomic E-state index is 11.5. The number of aryl methyl sites for hydroxylation is 1. The van der Waals surface area contributed by atoms with Gasteiger partial charge in [-0.2, -0.15) is 16.8 Å². The third-order valence-electron chi connectivity index (χ3n) is 2.33. The molecule has 0 radical (unpaired) electrons. The fraction of sp³-hybridized carbons (Fsp3) is 0.100. The van der Waals surface area contributed by atoms with Crippen molar-refractivity contribution >= 4 is 47.8 Å². The van der Waals surface area contributed by atoms with Crippen molar-refractivity contribution in [2.24, 2.45) is 0 Å². The highest BCUT2D eigenvalue weighted by atomic mass is 79.9. The number of benzene rings is 1. The Balaban J connectivity index is 3.63. The van der Waals surface area contributed by atoms with Crippen molar-refractivity contribution in [3.63, 3.8) is 0 Å². The summed E-state index contributed by atoms with van der Waals surface area (Å²) in [6, 6.07) is 1.53. The van der Waals surface area contributed by atoms with E-state index in [1.807, 2.05) is 0 Å². The molecule has 11 heteroatoms. The van der Waals surface area contributed by atoms with Crippen LogP contribution >= 0.6 is 15.9 Å². The predicted molar refractivity (Wildman–Crippen MR) is 77.5 cm³/mol. The van der Waals surface area contributed by atoms with E-state index in [1.165, 1.54) is 6.92 Å². The van der Waals surface area contributed by atoms with Gasteiger partial charge in [0.05, 0.1) is 15.1 Å². The normalized spacial score (nSPS) is 12.0. The molecular formula is C10H10BrNO7S2. The molecule has 21 heavy (non-hydrogen) atoms. The summed E-state index contributed by atoms with van der Waals surface area (Å²) < 4.78 is 62.9. The van der Waals surface area contributed by atoms with Crippen molar-refractivity contribution in [2.75, 3.05) is 5.32 Å². The minimum atomic E-state index is -4.84. The smallest absolute Gasteiger partial charge is 0.296 e. The standard InChI is InChI=1S/C10H10BrNO7S2/c1-5-3-7(12-10(13)6(2)11)9(21(17,18)19)4-8(5)20(14,15)16/h3-4H,2H2,1H3,(H,12,13)(H,14,15,16)(H,17,18,19). The van der Waals surface area contributed by atoms with Crippen molar-refractivity contribution in [1.29, 1.82) is 0 Å². The van der Waals surface area contributed by atoms with Crippen molar-refractivity contribution in [1.82, 2.24) is 0 Å². The van der Waals surface area contributed by atoms with Gasteiger partial charge in [0, 0.05) is 0 Å². The number of halogens is 1. The largest absolute Gasteiger partial charge is 0.320 e. The van der Waals surface area contributed by atoms with Crippen LogP contribution in [0.4, 0.5) is 5.69 Å². The number of hydrogen-bond acceptors (Lipinski definition) is 5. The van der Waals surface area contributed by atoms with Crippen molar-refractivity contribution in [3.05, 3.63) is 28.8 Å². The summed E-state index contributed by atoms with van der Waals surface area (Å²) >= 11 is 2.78. The highest BCUT2D eigenvalue weighted by molar-refractivity contribution is 9.12. The Morgan fingerprint density at radius 3 is 2.00 bits per heavy atom. The van der Waals surface area contributed by atoms with Crippen LogP contribution in [-0.2, 0) is 25.0 Å². The molecule has 1 rings (SSSR count). The van der Waals surface area contributed by atoms with Gasteiger partial charge in [0.2, 0.25) is 0 Å². The van der Waals surface area contributed by atoms with Crippen LogP contribution in [0.25, 0.3) is 0 Å². The quantitative estimate of drug-likeness (QED) is 0.512. The fourth-order valence-corrected chi connectivity index (χ4v) is 3.01. The van der Waals surface area contributed by atoms with Gasteiger partial charge < -0.3 is 5.32 Å². The molecule has 1 amide bonds. The number of rotatable bonds is 4. The number of carbonyl (C=O) groups is 1. The SMILES string of the molecule is C=C(Br)C(=O)Nc1cc(C)c(S(=O)(=O)O)cc1S(=O)(=O)O. The average Bonchev–Trinajstić information content (AvgIpc) is 2.25. The zero-order chi connectivity index (χ0) is 16.6. The van der Waals surface area contributed by atoms with Crippen molar-refractivity contribution < 1.29 is 30.7 Å². The molecule has 0 saturated heterocycles. The third-order valence-corrected chi connectivity index (χ3v) is 4.58. The van der Waals surface area contributed by atoms with Gasteiger partial charge in [-0.25, -0.2) is 0 Å². The second-order valence-electron chi connectivity index (χ2n) is 3.92. The minimum absolute atomic E-state index is 0.0274. The van der Waals surface area contributed by atoms with Gasteiger partial charge in [-0.15, -0.1) is 0 Å². The van der Waals surface area contributed by atoms with Crippen LogP contribution in [0.2, 0.25) is 0 Å². The van der Waals surface area contributed by atoms with Crippen molar-refractivity contribution in [3.8, 4) is 0 Å². The molecule has 8 nitrogen and oxygen atoms in total. The number of anilines is 1. The molecule has 0 fully saturated rings. The molecule has 0 saturated carbocycles. The summed E-state index contributed by atoms with van der Waals surface area (Å²) in [7, 11) is -9.53. The first-order valence-electron chi connectivity index (χ1n) is 5.09. The second kappa shape index (κ2) is 5.85. The molecule has 0 bridgehead atoms. The van der Waals surface area contributed by atoms with Gasteiger partial charge in [0.1, 0.15) is 4.90 Å². The molecule has 0 aliphatic carbocycles. The van der Waals surface area contributed by atoms with E-state index in [4.69, 9.17) is 9.11 Å². The lowest BCUT2D eigenvalue weighted by Gasteiger charge is -2.12. The topological polar surface area (TPSA) is 138 Å². The summed E-state index contributed by atoms with van der Waals surface area (Å²) in [5.74, 6) is -0.793. The van der Waals surface area contributed by atoms with Gasteiger partial charge in [0.15, 0.2) is 0 Å². The summed E-state index contributed by atoms with van der Waals surface area (Å²) in [4.78, 5) is 9.91. The van der Waals surface area contributed by atoms with E-state index in [0.717, 1.165) is 6.07 Å². The van der Waals surface area contributed by atoms with Gasteiger partial charge in [0.25, 0.3) is 26.1 Å². The van der Waals surface area contributed by atoms with Crippen LogP contribution in [0.15, 0.2) is 33.0 Å². The first-order valence-corrected chi connectivity index (χ1v) is 8.76. The Morgan fingerprint density at radius 1 is 1.14 bits per heavy atom. The molecule has 3 N–H and O–H groups in total. The summed E-state index contributed by atoms with van der Waals surface area (Å²) in [6.07, 6.45) is 0. The molecule has 0 unspecified atom stereocenters. The molecule has 116 valence electrons. The molecule has 0 spiro atoms. The number of carbonyl (C=O) groups excluding carboxylic acids is 1. The van der Waals surface area contributed by atoms with Gasteiger partial charge in [-0.05, 0) is 40.5 Å². The van der Waals surface area contributed by atoms with Gasteiger partial charge in [-0.1, -0.05) is 6.58 Å². The van der Waals surface area contributed by atoms with Crippen LogP contribution in [0.5, 0.6) is 0 Å². The van der Waals surface area contributed by atoms with Crippen molar-refractivity contribution in [2.45, 2.75) is 16.7 Å². The van der Waals surface area contributed by atoms with E-state index < -0.39 is 35.9 Å². The monoisotopic (exact) mass is 399 g/mol. The molecule has 0 aliphatic heterocycles. The van der Waals surface area contributed by atoms with E-state index in [1.54, 1.807) is 0 Å². The van der Waals surface area contributed by atoms with E-state index in [0.29, 0.717) is 6.07 Å². The molecule has 0 atom stereocenters. The highest BCUT2D eigenvalue weighted by Gasteiger charge is 2.24. The Kier molecular flexibility index (Phi) is 4.95.